The van der Waals surface area contributed by atoms with Crippen molar-refractivity contribution in [2.75, 3.05) is 14.7 Å². The van der Waals surface area contributed by atoms with Gasteiger partial charge < -0.3 is 28.4 Å². The second-order valence-electron chi connectivity index (χ2n) is 25.8. The number of aromatic nitrogens is 3. The maximum atomic E-state index is 2.61. The van der Waals surface area contributed by atoms with E-state index in [1.807, 2.05) is 0 Å². The Balaban J connectivity index is 0.833. The van der Waals surface area contributed by atoms with Crippen LogP contribution in [0.3, 0.4) is 0 Å². The molecule has 0 unspecified atom stereocenters. The average molecular weight is 1230 g/mol. The van der Waals surface area contributed by atoms with Crippen molar-refractivity contribution in [1.82, 2.24) is 13.7 Å². The number of hydrogen-bond acceptors (Lipinski definition) is 3. The number of para-hydroxylation sites is 12. The second-order valence-corrected chi connectivity index (χ2v) is 25.8. The van der Waals surface area contributed by atoms with Crippen molar-refractivity contribution >= 4 is 140 Å². The molecule has 0 bridgehead atoms. The third-order valence-electron chi connectivity index (χ3n) is 21.0. The van der Waals surface area contributed by atoms with E-state index in [2.05, 4.69) is 374 Å². The van der Waals surface area contributed by atoms with E-state index in [0.717, 1.165) is 102 Å². The summed E-state index contributed by atoms with van der Waals surface area (Å²) >= 11 is 0. The van der Waals surface area contributed by atoms with Gasteiger partial charge in [-0.15, -0.1) is 0 Å². The molecule has 0 saturated heterocycles. The maximum Gasteiger partial charge on any atom is 0.257 e. The van der Waals surface area contributed by atoms with Crippen molar-refractivity contribution in [2.45, 2.75) is 0 Å². The highest BCUT2D eigenvalue weighted by atomic mass is 15.2. The van der Waals surface area contributed by atoms with Gasteiger partial charge in [0.15, 0.2) is 0 Å². The monoisotopic (exact) mass is 1230 g/mol. The summed E-state index contributed by atoms with van der Waals surface area (Å²) in [5.41, 5.74) is 31.2. The molecule has 3 aliphatic rings. The minimum absolute atomic E-state index is 0.140. The number of hydrogen-bond donors (Lipinski definition) is 0. The Morgan fingerprint density at radius 3 is 0.536 bits per heavy atom. The van der Waals surface area contributed by atoms with E-state index >= 15 is 0 Å². The predicted octanol–water partition coefficient (Wildman–Crippen LogP) is 21.8. The van der Waals surface area contributed by atoms with Crippen molar-refractivity contribution in [3.05, 3.63) is 346 Å². The number of benzene rings is 15. The smallest absolute Gasteiger partial charge is 0.257 e. The molecule has 6 heterocycles. The Bertz CT molecular complexity index is 5510. The molecule has 6 nitrogen and oxygen atoms in total. The molecule has 0 fully saturated rings. The summed E-state index contributed by atoms with van der Waals surface area (Å²) in [5.74, 6) is 0. The number of anilines is 9. The van der Waals surface area contributed by atoms with Gasteiger partial charge in [0.2, 0.25) is 0 Å². The van der Waals surface area contributed by atoms with Crippen LogP contribution in [0.25, 0.3) is 116 Å². The molecule has 97 heavy (non-hydrogen) atoms. The highest BCUT2D eigenvalue weighted by molar-refractivity contribution is 7.02. The Hall–Kier alpha value is -12.8. The standard InChI is InChI=1S/C90H57BN6/c1-13-40-70-58(28-1)59-29-2-14-41-71(59)92(70)76-46-19-7-34-64(76)67-37-10-22-49-79(67)95-82-52-25-54-84-88(82)91-89-83(95)53-26-55-85(89)97(81-51-24-12-39-69(81)66-36-9-21-48-78(66)94-74-44-17-5-32-62(74)63-33-6-18-45-75(63)94)87-57-27-56-86(90(87)91)96(84)80-50-23-11-38-68(80)65-35-8-20-47-77(65)93-72-42-15-3-30-60(72)61-31-4-16-43-73(61)93/h1-57H. The minimum Gasteiger partial charge on any atom is -0.311 e. The van der Waals surface area contributed by atoms with Crippen molar-refractivity contribution in [2.24, 2.45) is 0 Å². The van der Waals surface area contributed by atoms with E-state index in [0.29, 0.717) is 0 Å². The molecule has 3 aromatic heterocycles. The Morgan fingerprint density at radius 2 is 0.309 bits per heavy atom. The number of fused-ring (bicyclic) bond motifs is 9. The van der Waals surface area contributed by atoms with Crippen molar-refractivity contribution in [3.63, 3.8) is 0 Å². The fourth-order valence-corrected chi connectivity index (χ4v) is 17.2. The highest BCUT2D eigenvalue weighted by Crippen LogP contribution is 2.55. The summed E-state index contributed by atoms with van der Waals surface area (Å²) < 4.78 is 7.42. The summed E-state index contributed by atoms with van der Waals surface area (Å²) in [6, 6.07) is 129. The first-order valence-electron chi connectivity index (χ1n) is 33.6. The van der Waals surface area contributed by atoms with Crippen molar-refractivity contribution in [1.29, 1.82) is 0 Å². The van der Waals surface area contributed by atoms with Gasteiger partial charge >= 0.3 is 0 Å². The van der Waals surface area contributed by atoms with Crippen molar-refractivity contribution in [3.8, 4) is 50.4 Å². The molecular weight excluding hydrogens is 1180 g/mol. The SMILES string of the molecule is c1ccc(N2c3cccc4c3B3c5c2cccc5N(c2ccccc2-c2ccccc2-n2c5ccccc5c5ccccc52)c2cccc(c23)N4c2ccccc2-c2ccccc2-n2c3ccccc3c3ccccc32)c(-c2ccccc2-n2c3ccccc3c3ccccc32)c1. The third kappa shape index (κ3) is 7.56. The first-order chi connectivity index (χ1) is 48.2. The average Bonchev–Trinajstić information content (AvgIpc) is 1.66. The van der Waals surface area contributed by atoms with Crippen LogP contribution in [0.4, 0.5) is 51.2 Å². The lowest BCUT2D eigenvalue weighted by atomic mass is 9.32. The van der Waals surface area contributed by atoms with Gasteiger partial charge in [-0.25, -0.2) is 0 Å². The third-order valence-corrected chi connectivity index (χ3v) is 21.0. The molecule has 7 heteroatoms. The number of rotatable bonds is 9. The quantitative estimate of drug-likeness (QED) is 0.135. The van der Waals surface area contributed by atoms with Gasteiger partial charge in [0.1, 0.15) is 0 Å². The molecule has 18 aromatic rings. The fraction of sp³-hybridized carbons (Fsp3) is 0. The van der Waals surface area contributed by atoms with Crippen LogP contribution in [0.5, 0.6) is 0 Å². The summed E-state index contributed by atoms with van der Waals surface area (Å²) in [6.07, 6.45) is 0. The van der Waals surface area contributed by atoms with Crippen LogP contribution in [0.1, 0.15) is 0 Å². The van der Waals surface area contributed by atoms with Gasteiger partial charge in [0.05, 0.1) is 67.2 Å². The zero-order valence-corrected chi connectivity index (χ0v) is 52.7. The lowest BCUT2D eigenvalue weighted by Gasteiger charge is -2.49. The topological polar surface area (TPSA) is 24.5 Å². The maximum absolute atomic E-state index is 2.61. The molecule has 450 valence electrons. The molecule has 0 saturated carbocycles. The van der Waals surface area contributed by atoms with E-state index in [1.165, 1.54) is 81.8 Å². The molecular formula is C90H57BN6. The van der Waals surface area contributed by atoms with Gasteiger partial charge in [-0.05, 0) is 126 Å². The van der Waals surface area contributed by atoms with Crippen LogP contribution in [-0.2, 0) is 0 Å². The summed E-state index contributed by atoms with van der Waals surface area (Å²) in [5, 5.41) is 7.40. The van der Waals surface area contributed by atoms with Gasteiger partial charge in [-0.3, -0.25) is 0 Å². The Kier molecular flexibility index (Phi) is 11.5. The van der Waals surface area contributed by atoms with Crippen LogP contribution in [0, 0.1) is 0 Å². The molecule has 0 N–H and O–H groups in total. The zero-order chi connectivity index (χ0) is 63.4. The molecule has 0 atom stereocenters. The highest BCUT2D eigenvalue weighted by Gasteiger charge is 2.50. The lowest BCUT2D eigenvalue weighted by molar-refractivity contribution is 1.18. The van der Waals surface area contributed by atoms with Crippen LogP contribution >= 0.6 is 0 Å². The molecule has 0 spiro atoms. The van der Waals surface area contributed by atoms with Crippen LogP contribution < -0.4 is 31.1 Å². The molecule has 3 aliphatic heterocycles. The van der Waals surface area contributed by atoms with E-state index in [4.69, 9.17) is 0 Å². The largest absolute Gasteiger partial charge is 0.311 e. The molecule has 0 aliphatic carbocycles. The van der Waals surface area contributed by atoms with Gasteiger partial charge in [-0.1, -0.05) is 237 Å². The summed E-state index contributed by atoms with van der Waals surface area (Å²) in [6.45, 7) is -0.140. The van der Waals surface area contributed by atoms with Crippen LogP contribution in [0.15, 0.2) is 346 Å². The Morgan fingerprint density at radius 1 is 0.144 bits per heavy atom. The summed E-state index contributed by atoms with van der Waals surface area (Å²) in [7, 11) is 0. The van der Waals surface area contributed by atoms with Crippen LogP contribution in [0.2, 0.25) is 0 Å². The number of nitrogens with zero attached hydrogens (tertiary/aromatic N) is 6. The fourth-order valence-electron chi connectivity index (χ4n) is 17.2. The van der Waals surface area contributed by atoms with Crippen LogP contribution in [-0.4, -0.2) is 20.4 Å². The van der Waals surface area contributed by atoms with Crippen molar-refractivity contribution < 1.29 is 0 Å². The molecule has 0 radical (unpaired) electrons. The first kappa shape index (κ1) is 53.6. The Labute approximate surface area is 560 Å². The van der Waals surface area contributed by atoms with E-state index in [1.54, 1.807) is 0 Å². The van der Waals surface area contributed by atoms with Gasteiger partial charge in [-0.2, -0.15) is 0 Å². The zero-order valence-electron chi connectivity index (χ0n) is 52.7. The van der Waals surface area contributed by atoms with E-state index in [9.17, 15) is 0 Å². The molecule has 0 amide bonds. The van der Waals surface area contributed by atoms with Gasteiger partial charge in [0.25, 0.3) is 6.71 Å². The summed E-state index contributed by atoms with van der Waals surface area (Å²) in [4.78, 5) is 7.82. The second kappa shape index (κ2) is 20.8. The lowest BCUT2D eigenvalue weighted by Crippen LogP contribution is -2.64. The van der Waals surface area contributed by atoms with E-state index in [-0.39, 0.29) is 6.71 Å². The molecule has 15 aromatic carbocycles. The van der Waals surface area contributed by atoms with E-state index < -0.39 is 0 Å². The normalized spacial score (nSPS) is 12.9. The molecule has 21 rings (SSSR count). The van der Waals surface area contributed by atoms with Gasteiger partial charge in [0, 0.05) is 99.8 Å². The predicted molar refractivity (Wildman–Crippen MR) is 408 cm³/mol. The first-order valence-corrected chi connectivity index (χ1v) is 33.6. The minimum atomic E-state index is -0.140.